The Morgan fingerprint density at radius 3 is 2.43 bits per heavy atom. The van der Waals surface area contributed by atoms with Gasteiger partial charge in [0.15, 0.2) is 0 Å². The highest BCUT2D eigenvalue weighted by Gasteiger charge is 2.14. The molecule has 0 N–H and O–H groups in total. The molecule has 0 bridgehead atoms. The van der Waals surface area contributed by atoms with E-state index in [4.69, 9.17) is 0 Å². The van der Waals surface area contributed by atoms with Crippen LogP contribution in [-0.2, 0) is 4.84 Å². The topological polar surface area (TPSA) is 23.3 Å². The molecule has 0 atom stereocenters. The number of allylic oxidation sites excluding steroid dienone is 2. The zero-order valence-corrected chi connectivity index (χ0v) is 4.36. The smallest absolute Gasteiger partial charge is 0.175 e. The van der Waals surface area contributed by atoms with Crippen molar-refractivity contribution in [2.24, 2.45) is 0 Å². The van der Waals surface area contributed by atoms with Crippen LogP contribution in [0.3, 0.4) is 0 Å². The minimum absolute atomic E-state index is 0.748. The third-order valence-electron chi connectivity index (χ3n) is 0.676. The van der Waals surface area contributed by atoms with Gasteiger partial charge in [0, 0.05) is 13.8 Å². The largest absolute Gasteiger partial charge is 0.323 e. The summed E-state index contributed by atoms with van der Waals surface area (Å²) in [5.41, 5.74) is 0.817. The zero-order valence-electron chi connectivity index (χ0n) is 4.36. The molecule has 0 amide bonds. The Morgan fingerprint density at radius 2 is 2.29 bits per heavy atom. The standard InChI is InChI=1S/C5H6NO/c1-4-3-5(2)7-6-4/h1-2H3/q+1. The van der Waals surface area contributed by atoms with Crippen molar-refractivity contribution in [1.29, 1.82) is 0 Å². The van der Waals surface area contributed by atoms with E-state index in [1.807, 2.05) is 13.8 Å². The van der Waals surface area contributed by atoms with Gasteiger partial charge in [0.05, 0.1) is 0 Å². The van der Waals surface area contributed by atoms with E-state index in [0.717, 1.165) is 11.5 Å². The van der Waals surface area contributed by atoms with Gasteiger partial charge < -0.3 is 0 Å². The maximum absolute atomic E-state index is 4.66. The number of hydrogen-bond donors (Lipinski definition) is 0. The predicted octanol–water partition coefficient (Wildman–Crippen LogP) is 0.435. The predicted molar refractivity (Wildman–Crippen MR) is 26.3 cm³/mol. The molecule has 36 valence electrons. The molecule has 0 aromatic carbocycles. The van der Waals surface area contributed by atoms with Gasteiger partial charge in [-0.25, -0.2) is 0 Å². The summed E-state index contributed by atoms with van der Waals surface area (Å²) in [6, 6.07) is 0. The van der Waals surface area contributed by atoms with Crippen LogP contribution in [0.1, 0.15) is 13.8 Å². The highest BCUT2D eigenvalue weighted by Crippen LogP contribution is 1.95. The van der Waals surface area contributed by atoms with Crippen LogP contribution in [0.2, 0.25) is 0 Å². The Morgan fingerprint density at radius 1 is 1.57 bits per heavy atom. The molecule has 0 saturated carbocycles. The molecular weight excluding hydrogens is 90.1 g/mol. The van der Waals surface area contributed by atoms with Gasteiger partial charge in [-0.05, 0) is 0 Å². The van der Waals surface area contributed by atoms with Crippen LogP contribution in [0.15, 0.2) is 5.76 Å². The van der Waals surface area contributed by atoms with Crippen LogP contribution in [0, 0.1) is 6.08 Å². The summed E-state index contributed by atoms with van der Waals surface area (Å²) >= 11 is 0. The Balaban J connectivity index is 2.69. The van der Waals surface area contributed by atoms with Crippen molar-refractivity contribution in [2.75, 3.05) is 0 Å². The lowest BCUT2D eigenvalue weighted by Gasteiger charge is -1.68. The molecule has 2 radical (unpaired) electrons. The van der Waals surface area contributed by atoms with Crippen molar-refractivity contribution in [3.63, 3.8) is 0 Å². The van der Waals surface area contributed by atoms with Crippen LogP contribution in [-0.4, -0.2) is 5.71 Å². The van der Waals surface area contributed by atoms with Gasteiger partial charge in [-0.15, -0.1) is 0 Å². The van der Waals surface area contributed by atoms with Crippen LogP contribution in [0.5, 0.6) is 0 Å². The number of oxime groups is 1. The van der Waals surface area contributed by atoms with E-state index < -0.39 is 0 Å². The molecule has 0 fully saturated rings. The Labute approximate surface area is 42.5 Å². The summed E-state index contributed by atoms with van der Waals surface area (Å²) in [5, 5.41) is 3.59. The summed E-state index contributed by atoms with van der Waals surface area (Å²) in [6.07, 6.45) is 2.86. The Kier molecular flexibility index (Phi) is 0.855. The first-order valence-electron chi connectivity index (χ1n) is 2.11. The second kappa shape index (κ2) is 1.37. The Bertz CT molecular complexity index is 135. The van der Waals surface area contributed by atoms with E-state index in [2.05, 4.69) is 16.1 Å². The van der Waals surface area contributed by atoms with Gasteiger partial charge in [-0.1, -0.05) is 0 Å². The van der Waals surface area contributed by atoms with Crippen LogP contribution in [0.4, 0.5) is 0 Å². The average molecular weight is 96.1 g/mol. The highest BCUT2D eigenvalue weighted by atomic mass is 16.6. The molecule has 0 aromatic heterocycles. The van der Waals surface area contributed by atoms with Crippen LogP contribution < -0.4 is 5.16 Å². The minimum atomic E-state index is 0.748. The second-order valence-corrected chi connectivity index (χ2v) is 1.45. The van der Waals surface area contributed by atoms with Gasteiger partial charge in [0.25, 0.3) is 0 Å². The third kappa shape index (κ3) is 0.796. The van der Waals surface area contributed by atoms with Gasteiger partial charge in [0.2, 0.25) is 5.76 Å². The first-order valence-corrected chi connectivity index (χ1v) is 2.11. The maximum Gasteiger partial charge on any atom is 0.323 e. The number of hydrogen-bond acceptors (Lipinski definition) is 2. The van der Waals surface area contributed by atoms with Crippen LogP contribution in [0.25, 0.3) is 0 Å². The van der Waals surface area contributed by atoms with Crippen molar-refractivity contribution < 1.29 is 4.84 Å². The van der Waals surface area contributed by atoms with Gasteiger partial charge in [-0.3, -0.25) is 0 Å². The van der Waals surface area contributed by atoms with Gasteiger partial charge in [-0.2, -0.15) is 4.84 Å². The van der Waals surface area contributed by atoms with Crippen molar-refractivity contribution in [3.8, 4) is 0 Å². The summed E-state index contributed by atoms with van der Waals surface area (Å²) in [4.78, 5) is 4.66. The summed E-state index contributed by atoms with van der Waals surface area (Å²) < 4.78 is 0. The molecule has 0 aromatic rings. The Hall–Kier alpha value is -0.790. The van der Waals surface area contributed by atoms with Gasteiger partial charge >= 0.3 is 10.9 Å². The summed E-state index contributed by atoms with van der Waals surface area (Å²) in [6.45, 7) is 3.66. The van der Waals surface area contributed by atoms with Crippen molar-refractivity contribution in [2.45, 2.75) is 13.8 Å². The molecule has 1 aliphatic rings. The number of rotatable bonds is 0. The van der Waals surface area contributed by atoms with E-state index in [9.17, 15) is 0 Å². The first kappa shape index (κ1) is 4.37. The molecular formula is C5H6NO+. The molecule has 0 saturated heterocycles. The molecule has 0 spiro atoms. The van der Waals surface area contributed by atoms with E-state index in [1.54, 1.807) is 0 Å². The van der Waals surface area contributed by atoms with E-state index >= 15 is 0 Å². The van der Waals surface area contributed by atoms with Crippen molar-refractivity contribution >= 4 is 5.71 Å². The van der Waals surface area contributed by atoms with E-state index in [0.29, 0.717) is 0 Å². The fraction of sp³-hybridized carbons (Fsp3) is 0.400. The van der Waals surface area contributed by atoms with E-state index in [-0.39, 0.29) is 0 Å². The van der Waals surface area contributed by atoms with E-state index in [1.165, 1.54) is 0 Å². The molecule has 2 heteroatoms. The average Bonchev–Trinajstić information content (AvgIpc) is 1.87. The highest BCUT2D eigenvalue weighted by molar-refractivity contribution is 5.88. The van der Waals surface area contributed by atoms with Crippen molar-refractivity contribution in [3.05, 3.63) is 11.8 Å². The maximum atomic E-state index is 4.66. The monoisotopic (exact) mass is 96.0 g/mol. The third-order valence-corrected chi connectivity index (χ3v) is 0.676. The summed E-state index contributed by atoms with van der Waals surface area (Å²) in [7, 11) is 0. The fourth-order valence-electron chi connectivity index (χ4n) is 0.437. The molecule has 2 nitrogen and oxygen atoms in total. The quantitative estimate of drug-likeness (QED) is 0.429. The fourth-order valence-corrected chi connectivity index (χ4v) is 0.437. The van der Waals surface area contributed by atoms with Crippen molar-refractivity contribution in [1.82, 2.24) is 5.16 Å². The lowest BCUT2D eigenvalue weighted by molar-refractivity contribution is 0.186. The molecule has 7 heavy (non-hydrogen) atoms. The normalized spacial score (nSPS) is 18.0. The molecule has 0 aliphatic carbocycles. The van der Waals surface area contributed by atoms with Crippen LogP contribution >= 0.6 is 0 Å². The lowest BCUT2D eigenvalue weighted by Crippen LogP contribution is -1.89. The molecule has 1 aliphatic heterocycles. The molecule has 1 rings (SSSR count). The SMILES string of the molecule is CC1=[C]C(C)=[N+]O1. The number of nitrogens with zero attached hydrogens (tertiary/aromatic N) is 1. The molecule has 1 heterocycles. The zero-order chi connectivity index (χ0) is 5.28. The second-order valence-electron chi connectivity index (χ2n) is 1.45. The minimum Gasteiger partial charge on any atom is -0.175 e. The summed E-state index contributed by atoms with van der Waals surface area (Å²) in [5.74, 6) is 0.748. The van der Waals surface area contributed by atoms with Gasteiger partial charge in [0.1, 0.15) is 6.08 Å². The lowest BCUT2D eigenvalue weighted by atomic mass is 10.4. The first-order chi connectivity index (χ1) is 3.29. The molecule has 0 unspecified atom stereocenters.